The van der Waals surface area contributed by atoms with Gasteiger partial charge in [-0.3, -0.25) is 4.79 Å². The highest BCUT2D eigenvalue weighted by Crippen LogP contribution is 2.34. The number of fused-ring (bicyclic) bond motifs is 1. The van der Waals surface area contributed by atoms with E-state index in [2.05, 4.69) is 23.3 Å². The van der Waals surface area contributed by atoms with Crippen molar-refractivity contribution in [3.8, 4) is 5.75 Å². The molecule has 3 amide bonds. The highest BCUT2D eigenvalue weighted by molar-refractivity contribution is 7.10. The van der Waals surface area contributed by atoms with E-state index in [0.29, 0.717) is 26.2 Å². The van der Waals surface area contributed by atoms with Gasteiger partial charge in [0, 0.05) is 24.5 Å². The summed E-state index contributed by atoms with van der Waals surface area (Å²) in [5, 5.41) is 4.83. The summed E-state index contributed by atoms with van der Waals surface area (Å²) < 4.78 is 6.12. The van der Waals surface area contributed by atoms with Crippen molar-refractivity contribution in [2.24, 2.45) is 0 Å². The standard InChI is InChI=1S/C23H29N3O3S/c1-4-12-25(23(28)24-5-2)15-22(27)26-13-10-21-18(11-14-30-21)19(26)16-29-20-9-7-6-8-17(20)3/h4,6-9,11,14,19H,1,5,10,12-13,15-16H2,2-3H3,(H,24,28). The second kappa shape index (κ2) is 10.3. The first-order valence-corrected chi connectivity index (χ1v) is 11.1. The van der Waals surface area contributed by atoms with E-state index in [4.69, 9.17) is 4.74 Å². The van der Waals surface area contributed by atoms with E-state index >= 15 is 0 Å². The molecule has 1 atom stereocenters. The second-order valence-corrected chi connectivity index (χ2v) is 8.23. The third-order valence-electron chi connectivity index (χ3n) is 5.20. The molecule has 0 saturated heterocycles. The lowest BCUT2D eigenvalue weighted by Crippen LogP contribution is -2.49. The van der Waals surface area contributed by atoms with E-state index in [9.17, 15) is 9.59 Å². The van der Waals surface area contributed by atoms with Crippen LogP contribution in [0.4, 0.5) is 4.79 Å². The van der Waals surface area contributed by atoms with Gasteiger partial charge in [0.15, 0.2) is 0 Å². The Balaban J connectivity index is 1.77. The number of nitrogens with zero attached hydrogens (tertiary/aromatic N) is 2. The minimum absolute atomic E-state index is 0.0121. The van der Waals surface area contributed by atoms with Crippen molar-refractivity contribution >= 4 is 23.3 Å². The molecule has 30 heavy (non-hydrogen) atoms. The molecule has 0 spiro atoms. The zero-order valence-electron chi connectivity index (χ0n) is 17.6. The summed E-state index contributed by atoms with van der Waals surface area (Å²) >= 11 is 1.72. The van der Waals surface area contributed by atoms with Gasteiger partial charge in [-0.1, -0.05) is 24.3 Å². The molecule has 7 heteroatoms. The lowest BCUT2D eigenvalue weighted by molar-refractivity contribution is -0.135. The number of hydrogen-bond donors (Lipinski definition) is 1. The van der Waals surface area contributed by atoms with Crippen LogP contribution < -0.4 is 10.1 Å². The highest BCUT2D eigenvalue weighted by Gasteiger charge is 2.33. The van der Waals surface area contributed by atoms with Gasteiger partial charge < -0.3 is 19.9 Å². The molecule has 0 fully saturated rings. The molecule has 0 aliphatic carbocycles. The van der Waals surface area contributed by atoms with Gasteiger partial charge in [-0.15, -0.1) is 17.9 Å². The van der Waals surface area contributed by atoms with Gasteiger partial charge in [-0.05, 0) is 48.9 Å². The predicted molar refractivity (Wildman–Crippen MR) is 120 cm³/mol. The van der Waals surface area contributed by atoms with E-state index in [1.54, 1.807) is 17.4 Å². The number of para-hydroxylation sites is 1. The molecular weight excluding hydrogens is 398 g/mol. The molecule has 0 saturated carbocycles. The first-order valence-electron chi connectivity index (χ1n) is 10.2. The maximum atomic E-state index is 13.2. The topological polar surface area (TPSA) is 61.9 Å². The van der Waals surface area contributed by atoms with Gasteiger partial charge in [-0.2, -0.15) is 0 Å². The summed E-state index contributed by atoms with van der Waals surface area (Å²) in [6, 6.07) is 9.52. The number of urea groups is 1. The summed E-state index contributed by atoms with van der Waals surface area (Å²) in [5.74, 6) is 0.737. The Labute approximate surface area is 182 Å². The van der Waals surface area contributed by atoms with E-state index < -0.39 is 0 Å². The number of benzene rings is 1. The van der Waals surface area contributed by atoms with Crippen LogP contribution in [0.5, 0.6) is 5.75 Å². The monoisotopic (exact) mass is 427 g/mol. The number of rotatable bonds is 8. The largest absolute Gasteiger partial charge is 0.491 e. The number of hydrogen-bond acceptors (Lipinski definition) is 4. The van der Waals surface area contributed by atoms with Gasteiger partial charge in [0.25, 0.3) is 0 Å². The molecular formula is C23H29N3O3S. The zero-order chi connectivity index (χ0) is 21.5. The molecule has 3 rings (SSSR count). The average molecular weight is 428 g/mol. The quantitative estimate of drug-likeness (QED) is 0.652. The molecule has 0 bridgehead atoms. The smallest absolute Gasteiger partial charge is 0.318 e. The van der Waals surface area contributed by atoms with Crippen molar-refractivity contribution in [3.05, 3.63) is 64.4 Å². The summed E-state index contributed by atoms with van der Waals surface area (Å²) in [5.41, 5.74) is 2.20. The maximum Gasteiger partial charge on any atom is 0.318 e. The molecule has 1 aliphatic heterocycles. The van der Waals surface area contributed by atoms with Crippen molar-refractivity contribution in [1.82, 2.24) is 15.1 Å². The van der Waals surface area contributed by atoms with Crippen LogP contribution in [-0.4, -0.2) is 54.5 Å². The van der Waals surface area contributed by atoms with Gasteiger partial charge in [0.05, 0.1) is 6.04 Å². The third-order valence-corrected chi connectivity index (χ3v) is 6.19. The number of aryl methyl sites for hydroxylation is 1. The first-order chi connectivity index (χ1) is 14.5. The zero-order valence-corrected chi connectivity index (χ0v) is 18.4. The molecule has 2 aromatic rings. The van der Waals surface area contributed by atoms with Crippen molar-refractivity contribution in [1.29, 1.82) is 0 Å². The Morgan fingerprint density at radius 3 is 2.90 bits per heavy atom. The van der Waals surface area contributed by atoms with Gasteiger partial charge >= 0.3 is 6.03 Å². The normalized spacial score (nSPS) is 15.3. The Hall–Kier alpha value is -2.80. The summed E-state index contributed by atoms with van der Waals surface area (Å²) in [7, 11) is 0. The molecule has 160 valence electrons. The molecule has 1 unspecified atom stereocenters. The van der Waals surface area contributed by atoms with Crippen molar-refractivity contribution in [2.45, 2.75) is 26.3 Å². The van der Waals surface area contributed by atoms with Gasteiger partial charge in [0.2, 0.25) is 5.91 Å². The van der Waals surface area contributed by atoms with Crippen LogP contribution in [0.1, 0.15) is 29.0 Å². The Morgan fingerprint density at radius 2 is 2.17 bits per heavy atom. The molecule has 1 aromatic heterocycles. The van der Waals surface area contributed by atoms with Gasteiger partial charge in [0.1, 0.15) is 18.9 Å². The summed E-state index contributed by atoms with van der Waals surface area (Å²) in [4.78, 5) is 30.2. The minimum Gasteiger partial charge on any atom is -0.491 e. The number of ether oxygens (including phenoxy) is 1. The van der Waals surface area contributed by atoms with Crippen LogP contribution in [-0.2, 0) is 11.2 Å². The maximum absolute atomic E-state index is 13.2. The van der Waals surface area contributed by atoms with E-state index in [-0.39, 0.29) is 24.5 Å². The van der Waals surface area contributed by atoms with E-state index in [1.165, 1.54) is 9.78 Å². The molecule has 1 aromatic carbocycles. The Kier molecular flexibility index (Phi) is 7.52. The number of thiophene rings is 1. The lowest BCUT2D eigenvalue weighted by Gasteiger charge is -2.37. The summed E-state index contributed by atoms with van der Waals surface area (Å²) in [6.45, 7) is 9.40. The van der Waals surface area contributed by atoms with E-state index in [0.717, 1.165) is 23.3 Å². The van der Waals surface area contributed by atoms with E-state index in [1.807, 2.05) is 43.0 Å². The van der Waals surface area contributed by atoms with Crippen LogP contribution in [0, 0.1) is 6.92 Å². The predicted octanol–water partition coefficient (Wildman–Crippen LogP) is 3.78. The number of carbonyl (C=O) groups is 2. The third kappa shape index (κ3) is 5.02. The molecule has 2 heterocycles. The van der Waals surface area contributed by atoms with Crippen LogP contribution in [0.25, 0.3) is 0 Å². The number of carbonyl (C=O) groups excluding carboxylic acids is 2. The average Bonchev–Trinajstić information content (AvgIpc) is 3.22. The molecule has 6 nitrogen and oxygen atoms in total. The minimum atomic E-state index is -0.258. The van der Waals surface area contributed by atoms with Crippen LogP contribution in [0.2, 0.25) is 0 Å². The number of amides is 3. The van der Waals surface area contributed by atoms with Crippen LogP contribution in [0.3, 0.4) is 0 Å². The van der Waals surface area contributed by atoms with Gasteiger partial charge in [-0.25, -0.2) is 4.79 Å². The molecule has 1 aliphatic rings. The fourth-order valence-corrected chi connectivity index (χ4v) is 4.58. The highest BCUT2D eigenvalue weighted by atomic mass is 32.1. The van der Waals surface area contributed by atoms with Crippen molar-refractivity contribution in [2.75, 3.05) is 32.8 Å². The van der Waals surface area contributed by atoms with Crippen molar-refractivity contribution in [3.63, 3.8) is 0 Å². The fourth-order valence-electron chi connectivity index (χ4n) is 3.65. The summed E-state index contributed by atoms with van der Waals surface area (Å²) in [6.07, 6.45) is 2.46. The molecule has 0 radical (unpaired) electrons. The van der Waals surface area contributed by atoms with Crippen molar-refractivity contribution < 1.29 is 14.3 Å². The molecule has 1 N–H and O–H groups in total. The SMILES string of the molecule is C=CCN(CC(=O)N1CCc2sccc2C1COc1ccccc1C)C(=O)NCC. The fraction of sp³-hybridized carbons (Fsp3) is 0.391. The lowest BCUT2D eigenvalue weighted by atomic mass is 10.0. The first kappa shape index (κ1) is 21.9. The Morgan fingerprint density at radius 1 is 1.37 bits per heavy atom. The second-order valence-electron chi connectivity index (χ2n) is 7.23. The van der Waals surface area contributed by atoms with Crippen LogP contribution in [0.15, 0.2) is 48.4 Å². The Bertz CT molecular complexity index is 895. The van der Waals surface area contributed by atoms with Crippen LogP contribution >= 0.6 is 11.3 Å². The number of nitrogens with one attached hydrogen (secondary N) is 1.